The molecule has 2 rings (SSSR count). The summed E-state index contributed by atoms with van der Waals surface area (Å²) < 4.78 is 5.91. The molecule has 0 saturated carbocycles. The smallest absolute Gasteiger partial charge is 0.224 e. The second-order valence-corrected chi connectivity index (χ2v) is 5.23. The molecule has 0 aliphatic heterocycles. The van der Waals surface area contributed by atoms with Gasteiger partial charge in [0, 0.05) is 19.0 Å². The van der Waals surface area contributed by atoms with Gasteiger partial charge >= 0.3 is 0 Å². The predicted octanol–water partition coefficient (Wildman–Crippen LogP) is 4.05. The first-order chi connectivity index (χ1) is 9.49. The van der Waals surface area contributed by atoms with Gasteiger partial charge in [0.2, 0.25) is 5.88 Å². The van der Waals surface area contributed by atoms with Gasteiger partial charge in [0.05, 0.1) is 0 Å². The van der Waals surface area contributed by atoms with Crippen LogP contribution in [0.3, 0.4) is 0 Å². The van der Waals surface area contributed by atoms with Crippen molar-refractivity contribution in [2.45, 2.75) is 33.6 Å². The van der Waals surface area contributed by atoms with Crippen LogP contribution >= 0.6 is 0 Å². The van der Waals surface area contributed by atoms with Crippen molar-refractivity contribution in [2.75, 3.05) is 12.4 Å². The van der Waals surface area contributed by atoms with Gasteiger partial charge in [0.1, 0.15) is 17.4 Å². The second kappa shape index (κ2) is 5.90. The Balaban J connectivity index is 2.34. The van der Waals surface area contributed by atoms with Gasteiger partial charge in [-0.1, -0.05) is 31.5 Å². The fourth-order valence-electron chi connectivity index (χ4n) is 1.91. The highest BCUT2D eigenvalue weighted by Gasteiger charge is 2.10. The quantitative estimate of drug-likeness (QED) is 0.911. The molecule has 0 saturated heterocycles. The van der Waals surface area contributed by atoms with Crippen molar-refractivity contribution in [3.8, 4) is 11.6 Å². The lowest BCUT2D eigenvalue weighted by Crippen LogP contribution is -2.03. The first-order valence-corrected chi connectivity index (χ1v) is 6.81. The van der Waals surface area contributed by atoms with Crippen molar-refractivity contribution < 1.29 is 4.74 Å². The van der Waals surface area contributed by atoms with Crippen LogP contribution in [0.4, 0.5) is 5.82 Å². The van der Waals surface area contributed by atoms with Gasteiger partial charge < -0.3 is 10.1 Å². The normalized spacial score (nSPS) is 10.7. The molecule has 1 aromatic heterocycles. The monoisotopic (exact) mass is 271 g/mol. The maximum absolute atomic E-state index is 5.91. The molecular weight excluding hydrogens is 250 g/mol. The van der Waals surface area contributed by atoms with Gasteiger partial charge in [-0.05, 0) is 25.5 Å². The van der Waals surface area contributed by atoms with E-state index in [0.717, 1.165) is 23.0 Å². The van der Waals surface area contributed by atoms with Crippen LogP contribution < -0.4 is 10.1 Å². The lowest BCUT2D eigenvalue weighted by molar-refractivity contribution is 0.454. The largest absolute Gasteiger partial charge is 0.439 e. The fourth-order valence-corrected chi connectivity index (χ4v) is 1.91. The highest BCUT2D eigenvalue weighted by molar-refractivity contribution is 5.42. The van der Waals surface area contributed by atoms with Crippen LogP contribution in [0.15, 0.2) is 24.3 Å². The summed E-state index contributed by atoms with van der Waals surface area (Å²) in [6.07, 6.45) is 0. The number of nitrogens with one attached hydrogen (secondary N) is 1. The zero-order valence-corrected chi connectivity index (χ0v) is 12.7. The average molecular weight is 271 g/mol. The number of anilines is 1. The lowest BCUT2D eigenvalue weighted by Gasteiger charge is -2.12. The number of aromatic nitrogens is 2. The minimum Gasteiger partial charge on any atom is -0.439 e. The van der Waals surface area contributed by atoms with E-state index in [2.05, 4.69) is 42.1 Å². The van der Waals surface area contributed by atoms with Crippen LogP contribution in [0.1, 0.15) is 36.7 Å². The van der Waals surface area contributed by atoms with Gasteiger partial charge in [0.15, 0.2) is 0 Å². The zero-order valence-electron chi connectivity index (χ0n) is 12.7. The van der Waals surface area contributed by atoms with Crippen LogP contribution in [-0.4, -0.2) is 17.0 Å². The Morgan fingerprint density at radius 3 is 2.45 bits per heavy atom. The number of benzene rings is 1. The summed E-state index contributed by atoms with van der Waals surface area (Å²) in [5.74, 6) is 3.19. The number of aryl methyl sites for hydroxylation is 2. The van der Waals surface area contributed by atoms with Crippen molar-refractivity contribution in [3.05, 3.63) is 41.2 Å². The first kappa shape index (κ1) is 14.3. The van der Waals surface area contributed by atoms with Crippen molar-refractivity contribution in [1.29, 1.82) is 0 Å². The molecule has 1 heterocycles. The zero-order chi connectivity index (χ0) is 14.7. The highest BCUT2D eigenvalue weighted by Crippen LogP contribution is 2.26. The number of nitrogens with zero attached hydrogens (tertiary/aromatic N) is 2. The fraction of sp³-hybridized carbons (Fsp3) is 0.375. The van der Waals surface area contributed by atoms with E-state index in [0.29, 0.717) is 5.88 Å². The number of rotatable bonds is 4. The summed E-state index contributed by atoms with van der Waals surface area (Å²) in [5.41, 5.74) is 2.32. The van der Waals surface area contributed by atoms with E-state index in [9.17, 15) is 0 Å². The molecule has 0 aliphatic rings. The van der Waals surface area contributed by atoms with Gasteiger partial charge in [-0.15, -0.1) is 0 Å². The Labute approximate surface area is 120 Å². The molecule has 0 amide bonds. The summed E-state index contributed by atoms with van der Waals surface area (Å²) in [4.78, 5) is 8.89. The van der Waals surface area contributed by atoms with Crippen LogP contribution in [-0.2, 0) is 0 Å². The Morgan fingerprint density at radius 1 is 1.10 bits per heavy atom. The van der Waals surface area contributed by atoms with E-state index in [-0.39, 0.29) is 5.92 Å². The van der Waals surface area contributed by atoms with Crippen molar-refractivity contribution in [3.63, 3.8) is 0 Å². The van der Waals surface area contributed by atoms with Crippen LogP contribution in [0.25, 0.3) is 0 Å². The number of hydrogen-bond donors (Lipinski definition) is 1. The van der Waals surface area contributed by atoms with E-state index in [4.69, 9.17) is 4.74 Å². The maximum atomic E-state index is 5.91. The van der Waals surface area contributed by atoms with Gasteiger partial charge in [-0.3, -0.25) is 0 Å². The number of ether oxygens (including phenoxy) is 1. The molecule has 1 aromatic carbocycles. The Hall–Kier alpha value is -2.10. The summed E-state index contributed by atoms with van der Waals surface area (Å²) >= 11 is 0. The average Bonchev–Trinajstić information content (AvgIpc) is 2.41. The molecule has 106 valence electrons. The minimum atomic E-state index is 0.254. The van der Waals surface area contributed by atoms with Crippen molar-refractivity contribution >= 4 is 5.82 Å². The Kier molecular flexibility index (Phi) is 4.23. The molecule has 0 unspecified atom stereocenters. The van der Waals surface area contributed by atoms with E-state index in [1.165, 1.54) is 5.56 Å². The molecule has 4 heteroatoms. The molecule has 0 atom stereocenters. The first-order valence-electron chi connectivity index (χ1n) is 6.81. The molecule has 0 spiro atoms. The predicted molar refractivity (Wildman–Crippen MR) is 81.7 cm³/mol. The molecular formula is C16H21N3O. The second-order valence-electron chi connectivity index (χ2n) is 5.23. The minimum absolute atomic E-state index is 0.254. The number of hydrogen-bond acceptors (Lipinski definition) is 4. The Morgan fingerprint density at radius 2 is 1.85 bits per heavy atom. The van der Waals surface area contributed by atoms with Gasteiger partial charge in [-0.25, -0.2) is 4.98 Å². The lowest BCUT2D eigenvalue weighted by atomic mass is 10.1. The summed E-state index contributed by atoms with van der Waals surface area (Å²) in [6.45, 7) is 8.23. The molecule has 1 N–H and O–H groups in total. The standard InChI is InChI=1S/C16H21N3O/c1-10(2)16-18-14(17-5)9-15(19-16)20-13-7-6-11(3)8-12(13)4/h6-10H,1-5H3,(H,17,18,19). The summed E-state index contributed by atoms with van der Waals surface area (Å²) in [7, 11) is 1.84. The van der Waals surface area contributed by atoms with E-state index in [1.807, 2.05) is 32.2 Å². The molecule has 0 fully saturated rings. The molecule has 4 nitrogen and oxygen atoms in total. The molecule has 0 bridgehead atoms. The van der Waals surface area contributed by atoms with E-state index in [1.54, 1.807) is 0 Å². The molecule has 2 aromatic rings. The van der Waals surface area contributed by atoms with Crippen LogP contribution in [0, 0.1) is 13.8 Å². The molecule has 0 aliphatic carbocycles. The van der Waals surface area contributed by atoms with Crippen molar-refractivity contribution in [1.82, 2.24) is 9.97 Å². The maximum Gasteiger partial charge on any atom is 0.224 e. The van der Waals surface area contributed by atoms with Gasteiger partial charge in [-0.2, -0.15) is 4.98 Å². The third kappa shape index (κ3) is 3.26. The highest BCUT2D eigenvalue weighted by atomic mass is 16.5. The SMILES string of the molecule is CNc1cc(Oc2ccc(C)cc2C)nc(C(C)C)n1. The third-order valence-corrected chi connectivity index (χ3v) is 3.04. The third-order valence-electron chi connectivity index (χ3n) is 3.04. The molecule has 0 radical (unpaired) electrons. The topological polar surface area (TPSA) is 47.0 Å². The van der Waals surface area contributed by atoms with Crippen LogP contribution in [0.5, 0.6) is 11.6 Å². The summed E-state index contributed by atoms with van der Waals surface area (Å²) in [5, 5.41) is 3.04. The van der Waals surface area contributed by atoms with Crippen LogP contribution in [0.2, 0.25) is 0 Å². The molecule has 20 heavy (non-hydrogen) atoms. The van der Waals surface area contributed by atoms with E-state index >= 15 is 0 Å². The van der Waals surface area contributed by atoms with Gasteiger partial charge in [0.25, 0.3) is 0 Å². The van der Waals surface area contributed by atoms with Crippen molar-refractivity contribution in [2.24, 2.45) is 0 Å². The summed E-state index contributed by atoms with van der Waals surface area (Å²) in [6, 6.07) is 7.91. The Bertz CT molecular complexity index is 609. The van der Waals surface area contributed by atoms with E-state index < -0.39 is 0 Å².